The number of rotatable bonds is 7. The van der Waals surface area contributed by atoms with E-state index in [0.29, 0.717) is 0 Å². The third-order valence-electron chi connectivity index (χ3n) is 15.8. The molecule has 0 amide bonds. The first kappa shape index (κ1) is 43.2. The van der Waals surface area contributed by atoms with E-state index in [1.54, 1.807) is 0 Å². The van der Waals surface area contributed by atoms with Crippen LogP contribution >= 0.6 is 10.0 Å². The number of para-hydroxylation sites is 2. The lowest BCUT2D eigenvalue weighted by atomic mass is 9.60. The predicted octanol–water partition coefficient (Wildman–Crippen LogP) is -2.53. The third kappa shape index (κ3) is 6.41. The van der Waals surface area contributed by atoms with Gasteiger partial charge in [-0.25, -0.2) is 0 Å². The van der Waals surface area contributed by atoms with Gasteiger partial charge in [0.05, 0.1) is 22.1 Å². The maximum atomic E-state index is 2.53. The van der Waals surface area contributed by atoms with Crippen LogP contribution in [0.15, 0.2) is 189 Å². The van der Waals surface area contributed by atoms with Crippen molar-refractivity contribution in [2.24, 2.45) is 0 Å². The van der Waals surface area contributed by atoms with Gasteiger partial charge in [0.2, 0.25) is 0 Å². The number of nitrogens with zero attached hydrogens (tertiary/aromatic N) is 2. The molecule has 0 saturated heterocycles. The third-order valence-corrected chi connectivity index (χ3v) is 19.6. The van der Waals surface area contributed by atoms with Crippen molar-refractivity contribution in [3.63, 3.8) is 0 Å². The van der Waals surface area contributed by atoms with E-state index in [1.165, 1.54) is 135 Å². The number of benzene rings is 9. The van der Waals surface area contributed by atoms with Gasteiger partial charge in [-0.3, -0.25) is 0 Å². The molecule has 2 heterocycles. The minimum Gasteiger partial charge on any atom is -0.310 e. The lowest BCUT2D eigenvalue weighted by Gasteiger charge is -2.42. The largest absolute Gasteiger partial charge is 0.310 e. The first-order chi connectivity index (χ1) is 32.4. The van der Waals surface area contributed by atoms with Gasteiger partial charge in [0.15, 0.2) is 0 Å². The summed E-state index contributed by atoms with van der Waals surface area (Å²) in [5, 5.41) is 5.01. The zero-order valence-electron chi connectivity index (χ0n) is 40.5. The molecule has 11 rings (SSSR count). The normalized spacial score (nSPS) is 12.1. The summed E-state index contributed by atoms with van der Waals surface area (Å²) in [5.41, 5.74) is 23.6. The Bertz CT molecular complexity index is 3730. The maximum absolute atomic E-state index is 2.53. The van der Waals surface area contributed by atoms with Crippen molar-refractivity contribution in [3.8, 4) is 22.5 Å². The molecule has 2 aromatic heterocycles. The van der Waals surface area contributed by atoms with Crippen LogP contribution < -0.4 is 54.6 Å². The van der Waals surface area contributed by atoms with Crippen LogP contribution in [0.1, 0.15) is 0 Å². The molecule has 0 aliphatic carbocycles. The summed E-state index contributed by atoms with van der Waals surface area (Å²) in [6.45, 7) is 0. The smallest absolute Gasteiger partial charge is 0.141 e. The fourth-order valence-electron chi connectivity index (χ4n) is 11.4. The highest BCUT2D eigenvalue weighted by Gasteiger charge is 2.35. The quantitative estimate of drug-likeness (QED) is 0.157. The van der Waals surface area contributed by atoms with Crippen LogP contribution in [0.3, 0.4) is 0 Å². The van der Waals surface area contributed by atoms with Crippen molar-refractivity contribution < 1.29 is 0 Å². The minimum absolute atomic E-state index is 1.15. The van der Waals surface area contributed by atoms with E-state index in [1.807, 2.05) is 0 Å². The van der Waals surface area contributed by atoms with E-state index < -0.39 is 10.0 Å². The highest BCUT2D eigenvalue weighted by molar-refractivity contribution is 8.34. The SMILES string of the molecule is Bc1c(B)c(B)c(-c2cccc(S(c3ccccc3)(c3ccccc3)c3ccc4c5ccccc5n(-c5ccc6c(c5)c5ccccc5n6-c5c(B)c(B)c(B)c(B)c5B)c4c3)c2)c(B)c1B. The molecular weight excluding hydrogens is 817 g/mol. The van der Waals surface area contributed by atoms with Crippen molar-refractivity contribution in [3.05, 3.63) is 170 Å². The van der Waals surface area contributed by atoms with Crippen molar-refractivity contribution in [1.82, 2.24) is 9.13 Å². The van der Waals surface area contributed by atoms with Crippen LogP contribution in [0.5, 0.6) is 0 Å². The standard InChI is InChI=1S/C54H48B10N2S/c55-44-43(45(56)47(58)48(59)46(44)57)29-12-11-17-33(26-29)67(31-13-3-1-4-14-31,32-15-5-2-6-16-32)34-23-24-37-35-18-7-9-20-39(35)65(42(37)28-34)30-22-25-41-38(27-30)36-19-8-10-21-40(36)66(41)54-52(63)50(61)49(60)51(62)53(54)64/h1-28H,55-64H2. The molecule has 310 valence electrons. The van der Waals surface area contributed by atoms with E-state index >= 15 is 0 Å². The van der Waals surface area contributed by atoms with Gasteiger partial charge < -0.3 is 9.13 Å². The molecule has 0 N–H and O–H groups in total. The molecule has 0 radical (unpaired) electrons. The van der Waals surface area contributed by atoms with Crippen LogP contribution in [0, 0.1) is 0 Å². The van der Waals surface area contributed by atoms with E-state index in [4.69, 9.17) is 0 Å². The molecule has 0 unspecified atom stereocenters. The second-order valence-electron chi connectivity index (χ2n) is 18.8. The van der Waals surface area contributed by atoms with Gasteiger partial charge in [-0.05, 0) is 90.0 Å². The van der Waals surface area contributed by atoms with E-state index in [0.717, 1.165) is 5.69 Å². The Kier molecular flexibility index (Phi) is 10.6. The lowest BCUT2D eigenvalue weighted by molar-refractivity contribution is 1.17. The first-order valence-corrected chi connectivity index (χ1v) is 25.3. The lowest BCUT2D eigenvalue weighted by Crippen LogP contribution is -2.56. The molecule has 0 aliphatic rings. The minimum atomic E-state index is -2.05. The van der Waals surface area contributed by atoms with Crippen LogP contribution in [-0.2, 0) is 0 Å². The molecule has 13 heteroatoms. The topological polar surface area (TPSA) is 9.86 Å². The molecule has 67 heavy (non-hydrogen) atoms. The van der Waals surface area contributed by atoms with Gasteiger partial charge in [-0.2, -0.15) is 0 Å². The summed E-state index contributed by atoms with van der Waals surface area (Å²) < 4.78 is 5.05. The highest BCUT2D eigenvalue weighted by atomic mass is 32.3. The zero-order chi connectivity index (χ0) is 46.5. The van der Waals surface area contributed by atoms with Gasteiger partial charge in [0.25, 0.3) is 0 Å². The van der Waals surface area contributed by atoms with Gasteiger partial charge in [0.1, 0.15) is 78.5 Å². The molecule has 2 nitrogen and oxygen atoms in total. The molecule has 9 aromatic carbocycles. The van der Waals surface area contributed by atoms with Crippen molar-refractivity contribution in [2.75, 3.05) is 0 Å². The molecule has 0 atom stereocenters. The van der Waals surface area contributed by atoms with Crippen LogP contribution in [0.25, 0.3) is 66.1 Å². The van der Waals surface area contributed by atoms with Crippen LogP contribution in [-0.4, -0.2) is 87.6 Å². The fraction of sp³-hybridized carbons (Fsp3) is 0. The summed E-state index contributed by atoms with van der Waals surface area (Å²) in [5.74, 6) is 0. The molecule has 0 fully saturated rings. The Morgan fingerprint density at radius 2 is 0.731 bits per heavy atom. The van der Waals surface area contributed by atoms with Crippen molar-refractivity contribution in [2.45, 2.75) is 19.6 Å². The summed E-state index contributed by atoms with van der Waals surface area (Å²) >= 11 is 0. The zero-order valence-corrected chi connectivity index (χ0v) is 41.3. The predicted molar refractivity (Wildman–Crippen MR) is 322 cm³/mol. The van der Waals surface area contributed by atoms with E-state index in [9.17, 15) is 0 Å². The summed E-state index contributed by atoms with van der Waals surface area (Å²) in [6.07, 6.45) is 0. The summed E-state index contributed by atoms with van der Waals surface area (Å²) in [4.78, 5) is 5.25. The number of hydrogen-bond donors (Lipinski definition) is 0. The average molecular weight is 865 g/mol. The second-order valence-corrected chi connectivity index (χ2v) is 21.9. The molecule has 0 bridgehead atoms. The Hall–Kier alpha value is -6.42. The summed E-state index contributed by atoms with van der Waals surface area (Å²) in [6, 6.07) is 64.6. The van der Waals surface area contributed by atoms with Crippen molar-refractivity contribution >= 4 is 187 Å². The van der Waals surface area contributed by atoms with Gasteiger partial charge in [-0.15, -0.1) is 31.9 Å². The Balaban J connectivity index is 1.21. The van der Waals surface area contributed by atoms with E-state index in [2.05, 4.69) is 257 Å². The Morgan fingerprint density at radius 1 is 0.284 bits per heavy atom. The fourth-order valence-corrected chi connectivity index (χ4v) is 15.3. The summed E-state index contributed by atoms with van der Waals surface area (Å²) in [7, 11) is 20.8. The number of hydrogen-bond acceptors (Lipinski definition) is 0. The highest BCUT2D eigenvalue weighted by Crippen LogP contribution is 2.74. The number of aromatic nitrogens is 2. The van der Waals surface area contributed by atoms with Crippen LogP contribution in [0.2, 0.25) is 0 Å². The molecular formula is C54H48B10N2S. The second kappa shape index (κ2) is 16.4. The van der Waals surface area contributed by atoms with Gasteiger partial charge in [-0.1, -0.05) is 124 Å². The Labute approximate surface area is 405 Å². The first-order valence-electron chi connectivity index (χ1n) is 23.7. The molecule has 0 aliphatic heterocycles. The molecule has 0 spiro atoms. The molecule has 0 saturated carbocycles. The monoisotopic (exact) mass is 866 g/mol. The maximum Gasteiger partial charge on any atom is 0.141 e. The molecule has 11 aromatic rings. The van der Waals surface area contributed by atoms with Crippen molar-refractivity contribution in [1.29, 1.82) is 0 Å². The average Bonchev–Trinajstić information content (AvgIpc) is 3.87. The van der Waals surface area contributed by atoms with Crippen LogP contribution in [0.4, 0.5) is 0 Å². The van der Waals surface area contributed by atoms with Gasteiger partial charge in [0, 0.05) is 52.5 Å². The number of fused-ring (bicyclic) bond motifs is 6. The van der Waals surface area contributed by atoms with E-state index in [-0.39, 0.29) is 0 Å². The van der Waals surface area contributed by atoms with Gasteiger partial charge >= 0.3 is 0 Å². The Morgan fingerprint density at radius 3 is 1.33 bits per heavy atom.